The van der Waals surface area contributed by atoms with Gasteiger partial charge in [0, 0.05) is 5.56 Å². The van der Waals surface area contributed by atoms with Crippen LogP contribution in [0.5, 0.6) is 5.75 Å². The number of carbonyl (C=O) groups is 2. The molecule has 2 rings (SSSR count). The first kappa shape index (κ1) is 15.4. The molecule has 1 amide bonds. The Bertz CT molecular complexity index is 521. The summed E-state index contributed by atoms with van der Waals surface area (Å²) >= 11 is 0. The van der Waals surface area contributed by atoms with Crippen LogP contribution in [0.3, 0.4) is 0 Å². The van der Waals surface area contributed by atoms with Crippen LogP contribution in [0.1, 0.15) is 42.5 Å². The SMILES string of the molecule is COC(=O)C1(NC(=O)c2cccc(OC)c2)CCCCC1. The number of rotatable bonds is 4. The van der Waals surface area contributed by atoms with Gasteiger partial charge in [0.15, 0.2) is 0 Å². The van der Waals surface area contributed by atoms with Gasteiger partial charge in [-0.05, 0) is 31.0 Å². The van der Waals surface area contributed by atoms with E-state index in [-0.39, 0.29) is 11.9 Å². The molecule has 1 N–H and O–H groups in total. The Hall–Kier alpha value is -2.04. The van der Waals surface area contributed by atoms with Crippen molar-refractivity contribution in [3.05, 3.63) is 29.8 Å². The summed E-state index contributed by atoms with van der Waals surface area (Å²) in [5.41, 5.74) is -0.420. The molecule has 1 fully saturated rings. The molecule has 21 heavy (non-hydrogen) atoms. The zero-order valence-electron chi connectivity index (χ0n) is 12.5. The number of esters is 1. The van der Waals surface area contributed by atoms with Crippen LogP contribution in [0.2, 0.25) is 0 Å². The number of benzene rings is 1. The van der Waals surface area contributed by atoms with E-state index in [1.54, 1.807) is 31.4 Å². The fraction of sp³-hybridized carbons (Fsp3) is 0.500. The van der Waals surface area contributed by atoms with E-state index in [2.05, 4.69) is 5.32 Å². The number of amides is 1. The molecule has 0 saturated heterocycles. The van der Waals surface area contributed by atoms with Crippen LogP contribution in [0.15, 0.2) is 24.3 Å². The van der Waals surface area contributed by atoms with Crippen molar-refractivity contribution >= 4 is 11.9 Å². The number of hydrogen-bond acceptors (Lipinski definition) is 4. The normalized spacial score (nSPS) is 16.9. The summed E-state index contributed by atoms with van der Waals surface area (Å²) in [6, 6.07) is 6.88. The van der Waals surface area contributed by atoms with Gasteiger partial charge >= 0.3 is 5.97 Å². The molecule has 0 bridgehead atoms. The molecule has 0 atom stereocenters. The predicted molar refractivity (Wildman–Crippen MR) is 78.3 cm³/mol. The number of carbonyl (C=O) groups excluding carboxylic acids is 2. The van der Waals surface area contributed by atoms with Crippen molar-refractivity contribution in [2.75, 3.05) is 14.2 Å². The van der Waals surface area contributed by atoms with Crippen LogP contribution < -0.4 is 10.1 Å². The quantitative estimate of drug-likeness (QED) is 0.865. The summed E-state index contributed by atoms with van der Waals surface area (Å²) in [6.45, 7) is 0. The van der Waals surface area contributed by atoms with E-state index in [0.717, 1.165) is 19.3 Å². The summed E-state index contributed by atoms with van der Waals surface area (Å²) in [7, 11) is 2.91. The van der Waals surface area contributed by atoms with Crippen molar-refractivity contribution in [1.29, 1.82) is 0 Å². The minimum atomic E-state index is -0.896. The zero-order valence-corrected chi connectivity index (χ0v) is 12.5. The zero-order chi connectivity index (χ0) is 15.3. The second-order valence-corrected chi connectivity index (χ2v) is 5.32. The molecule has 114 valence electrons. The standard InChI is InChI=1S/C16H21NO4/c1-20-13-8-6-7-12(11-13)14(18)17-16(15(19)21-2)9-4-3-5-10-16/h6-8,11H,3-5,9-10H2,1-2H3,(H,17,18). The Balaban J connectivity index is 2.19. The van der Waals surface area contributed by atoms with E-state index in [9.17, 15) is 9.59 Å². The van der Waals surface area contributed by atoms with Crippen molar-refractivity contribution in [1.82, 2.24) is 5.32 Å². The average Bonchev–Trinajstić information content (AvgIpc) is 2.54. The molecule has 0 radical (unpaired) electrons. The maximum absolute atomic E-state index is 12.4. The van der Waals surface area contributed by atoms with Gasteiger partial charge in [-0.3, -0.25) is 4.79 Å². The van der Waals surface area contributed by atoms with E-state index in [0.29, 0.717) is 24.2 Å². The number of hydrogen-bond donors (Lipinski definition) is 1. The molecule has 5 nitrogen and oxygen atoms in total. The second kappa shape index (κ2) is 6.61. The molecule has 1 aliphatic rings. The monoisotopic (exact) mass is 291 g/mol. The molecule has 0 aromatic heterocycles. The Morgan fingerprint density at radius 3 is 2.48 bits per heavy atom. The minimum absolute atomic E-state index is 0.277. The highest BCUT2D eigenvalue weighted by Gasteiger charge is 2.42. The summed E-state index contributed by atoms with van der Waals surface area (Å²) < 4.78 is 10.0. The fourth-order valence-corrected chi connectivity index (χ4v) is 2.78. The maximum Gasteiger partial charge on any atom is 0.331 e. The van der Waals surface area contributed by atoms with Crippen molar-refractivity contribution in [2.24, 2.45) is 0 Å². The van der Waals surface area contributed by atoms with Crippen molar-refractivity contribution in [2.45, 2.75) is 37.6 Å². The number of ether oxygens (including phenoxy) is 2. The largest absolute Gasteiger partial charge is 0.497 e. The van der Waals surface area contributed by atoms with E-state index in [4.69, 9.17) is 9.47 Å². The van der Waals surface area contributed by atoms with Gasteiger partial charge in [-0.1, -0.05) is 25.3 Å². The Labute approximate surface area is 124 Å². The van der Waals surface area contributed by atoms with E-state index in [1.807, 2.05) is 0 Å². The fourth-order valence-electron chi connectivity index (χ4n) is 2.78. The molecule has 5 heteroatoms. The first-order valence-corrected chi connectivity index (χ1v) is 7.16. The van der Waals surface area contributed by atoms with Crippen LogP contribution in [-0.4, -0.2) is 31.6 Å². The second-order valence-electron chi connectivity index (χ2n) is 5.32. The Kier molecular flexibility index (Phi) is 4.83. The highest BCUT2D eigenvalue weighted by atomic mass is 16.5. The third kappa shape index (κ3) is 3.35. The molecular weight excluding hydrogens is 270 g/mol. The Morgan fingerprint density at radius 2 is 1.86 bits per heavy atom. The third-order valence-corrected chi connectivity index (χ3v) is 3.97. The molecule has 0 unspecified atom stereocenters. The molecule has 1 aromatic carbocycles. The first-order chi connectivity index (χ1) is 10.1. The molecule has 1 aliphatic carbocycles. The lowest BCUT2D eigenvalue weighted by Crippen LogP contribution is -2.56. The number of methoxy groups -OCH3 is 2. The molecule has 1 saturated carbocycles. The lowest BCUT2D eigenvalue weighted by atomic mass is 9.81. The van der Waals surface area contributed by atoms with Crippen LogP contribution in [-0.2, 0) is 9.53 Å². The van der Waals surface area contributed by atoms with Gasteiger partial charge in [0.05, 0.1) is 14.2 Å². The summed E-state index contributed by atoms with van der Waals surface area (Å²) in [4.78, 5) is 24.5. The van der Waals surface area contributed by atoms with Crippen molar-refractivity contribution in [3.8, 4) is 5.75 Å². The molecule has 0 heterocycles. The van der Waals surface area contributed by atoms with Crippen LogP contribution in [0.4, 0.5) is 0 Å². The van der Waals surface area contributed by atoms with Gasteiger partial charge in [-0.15, -0.1) is 0 Å². The molecule has 0 aliphatic heterocycles. The average molecular weight is 291 g/mol. The lowest BCUT2D eigenvalue weighted by molar-refractivity contribution is -0.149. The van der Waals surface area contributed by atoms with Gasteiger partial charge in [0.25, 0.3) is 5.91 Å². The predicted octanol–water partition coefficient (Wildman–Crippen LogP) is 2.30. The van der Waals surface area contributed by atoms with Crippen molar-refractivity contribution in [3.63, 3.8) is 0 Å². The topological polar surface area (TPSA) is 64.6 Å². The van der Waals surface area contributed by atoms with Crippen LogP contribution >= 0.6 is 0 Å². The Morgan fingerprint density at radius 1 is 1.14 bits per heavy atom. The van der Waals surface area contributed by atoms with Crippen LogP contribution in [0, 0.1) is 0 Å². The van der Waals surface area contributed by atoms with Gasteiger partial charge in [0.1, 0.15) is 11.3 Å². The highest BCUT2D eigenvalue weighted by molar-refractivity contribution is 5.98. The van der Waals surface area contributed by atoms with Gasteiger partial charge in [-0.25, -0.2) is 4.79 Å². The van der Waals surface area contributed by atoms with Gasteiger partial charge in [0.2, 0.25) is 0 Å². The van der Waals surface area contributed by atoms with Gasteiger partial charge in [-0.2, -0.15) is 0 Å². The summed E-state index contributed by atoms with van der Waals surface area (Å²) in [5, 5.41) is 2.88. The highest BCUT2D eigenvalue weighted by Crippen LogP contribution is 2.30. The summed E-state index contributed by atoms with van der Waals surface area (Å²) in [6.07, 6.45) is 4.14. The van der Waals surface area contributed by atoms with Gasteiger partial charge < -0.3 is 14.8 Å². The first-order valence-electron chi connectivity index (χ1n) is 7.16. The molecule has 1 aromatic rings. The lowest BCUT2D eigenvalue weighted by Gasteiger charge is -2.35. The minimum Gasteiger partial charge on any atom is -0.497 e. The van der Waals surface area contributed by atoms with Crippen molar-refractivity contribution < 1.29 is 19.1 Å². The third-order valence-electron chi connectivity index (χ3n) is 3.97. The van der Waals surface area contributed by atoms with E-state index < -0.39 is 5.54 Å². The van der Waals surface area contributed by atoms with E-state index >= 15 is 0 Å². The maximum atomic E-state index is 12.4. The molecule has 0 spiro atoms. The number of nitrogens with one attached hydrogen (secondary N) is 1. The molecular formula is C16H21NO4. The van der Waals surface area contributed by atoms with E-state index in [1.165, 1.54) is 7.11 Å². The smallest absolute Gasteiger partial charge is 0.331 e. The summed E-state index contributed by atoms with van der Waals surface area (Å²) in [5.74, 6) is -0.0296. The van der Waals surface area contributed by atoms with Crippen LogP contribution in [0.25, 0.3) is 0 Å².